The number of nitrogens with one attached hydrogen (secondary N) is 1. The molecule has 0 aliphatic carbocycles. The summed E-state index contributed by atoms with van der Waals surface area (Å²) in [5.74, 6) is 1.87. The largest absolute Gasteiger partial charge is 0.309 e. The van der Waals surface area contributed by atoms with E-state index >= 15 is 0 Å². The predicted molar refractivity (Wildman–Crippen MR) is 109 cm³/mol. The first-order valence-corrected chi connectivity index (χ1v) is 11.2. The summed E-state index contributed by atoms with van der Waals surface area (Å²) in [6, 6.07) is 10.1. The summed E-state index contributed by atoms with van der Waals surface area (Å²) in [7, 11) is 0. The Balaban J connectivity index is 1.36. The van der Waals surface area contributed by atoms with Gasteiger partial charge in [0, 0.05) is 18.8 Å². The molecule has 1 N–H and O–H groups in total. The minimum absolute atomic E-state index is 0.125. The van der Waals surface area contributed by atoms with Crippen molar-refractivity contribution >= 4 is 57.5 Å². The average Bonchev–Trinajstić information content (AvgIpc) is 3.38. The molecule has 2 aromatic heterocycles. The first-order chi connectivity index (χ1) is 13.2. The van der Waals surface area contributed by atoms with Gasteiger partial charge in [-0.25, -0.2) is 0 Å². The Morgan fingerprint density at radius 3 is 2.81 bits per heavy atom. The predicted octanol–water partition coefficient (Wildman–Crippen LogP) is 3.12. The highest BCUT2D eigenvalue weighted by Crippen LogP contribution is 2.32. The molecule has 11 heteroatoms. The lowest BCUT2D eigenvalue weighted by molar-refractivity contribution is -0.113. The molecule has 27 heavy (non-hydrogen) atoms. The Morgan fingerprint density at radius 2 is 2.00 bits per heavy atom. The maximum Gasteiger partial charge on any atom is 0.236 e. The molecule has 0 saturated carbocycles. The molecule has 3 aromatic rings. The molecule has 4 rings (SSSR count). The third kappa shape index (κ3) is 4.09. The Kier molecular flexibility index (Phi) is 5.60. The lowest BCUT2D eigenvalue weighted by Gasteiger charge is -2.14. The van der Waals surface area contributed by atoms with Gasteiger partial charge >= 0.3 is 0 Å². The lowest BCUT2D eigenvalue weighted by atomic mass is 10.3. The zero-order chi connectivity index (χ0) is 18.6. The van der Waals surface area contributed by atoms with Crippen LogP contribution in [-0.4, -0.2) is 48.9 Å². The van der Waals surface area contributed by atoms with E-state index in [0.29, 0.717) is 5.13 Å². The Labute approximate surface area is 168 Å². The summed E-state index contributed by atoms with van der Waals surface area (Å²) in [6.45, 7) is 3.70. The summed E-state index contributed by atoms with van der Waals surface area (Å²) in [5.41, 5.74) is 1.09. The van der Waals surface area contributed by atoms with Crippen molar-refractivity contribution in [1.82, 2.24) is 25.0 Å². The number of carbonyl (C=O) groups excluding carboxylic acids is 1. The van der Waals surface area contributed by atoms with Gasteiger partial charge in [0.2, 0.25) is 17.0 Å². The molecule has 8 nitrogen and oxygen atoms in total. The Bertz CT molecular complexity index is 927. The summed E-state index contributed by atoms with van der Waals surface area (Å²) in [4.78, 5) is 14.3. The smallest absolute Gasteiger partial charge is 0.236 e. The van der Waals surface area contributed by atoms with Gasteiger partial charge in [-0.15, -0.1) is 20.4 Å². The number of nitrogens with zero attached hydrogens (tertiary/aromatic N) is 6. The van der Waals surface area contributed by atoms with E-state index in [9.17, 15) is 4.79 Å². The highest BCUT2D eigenvalue weighted by molar-refractivity contribution is 8.01. The van der Waals surface area contributed by atoms with Gasteiger partial charge in [0.15, 0.2) is 9.50 Å². The van der Waals surface area contributed by atoms with E-state index in [-0.39, 0.29) is 11.7 Å². The highest BCUT2D eigenvalue weighted by atomic mass is 32.2. The number of fused-ring (bicyclic) bond motifs is 1. The molecule has 0 bridgehead atoms. The molecule has 0 spiro atoms. The minimum Gasteiger partial charge on any atom is -0.309 e. The fourth-order valence-corrected chi connectivity index (χ4v) is 5.09. The standard InChI is InChI=1S/C16H17N7OS3/c1-2-25-16-21-18-13(27-16)17-12(24)10-26-15-20-19-14-22(8-9-23(14)15)11-6-4-3-5-7-11/h3-7H,2,8-10H2,1H3,(H,17,18,24). The highest BCUT2D eigenvalue weighted by Gasteiger charge is 2.26. The third-order valence-electron chi connectivity index (χ3n) is 3.81. The molecule has 3 heterocycles. The number of amides is 1. The Hall–Kier alpha value is -2.11. The van der Waals surface area contributed by atoms with Crippen LogP contribution >= 0.6 is 34.9 Å². The van der Waals surface area contributed by atoms with Crippen LogP contribution in [0.15, 0.2) is 39.8 Å². The van der Waals surface area contributed by atoms with Gasteiger partial charge in [-0.05, 0) is 17.9 Å². The number of thioether (sulfide) groups is 2. The van der Waals surface area contributed by atoms with E-state index in [1.54, 1.807) is 11.8 Å². The van der Waals surface area contributed by atoms with E-state index in [1.165, 1.54) is 23.1 Å². The van der Waals surface area contributed by atoms with E-state index in [1.807, 2.05) is 22.8 Å². The minimum atomic E-state index is -0.125. The van der Waals surface area contributed by atoms with Gasteiger partial charge in [0.25, 0.3) is 0 Å². The second kappa shape index (κ2) is 8.28. The summed E-state index contributed by atoms with van der Waals surface area (Å²) in [6.07, 6.45) is 0. The molecule has 1 aromatic carbocycles. The summed E-state index contributed by atoms with van der Waals surface area (Å²) in [5, 5.41) is 20.6. The fraction of sp³-hybridized carbons (Fsp3) is 0.312. The SMILES string of the molecule is CCSc1nnc(NC(=O)CSc2nnc3n2CCN3c2ccccc2)s1. The molecule has 1 aliphatic rings. The van der Waals surface area contributed by atoms with Crippen LogP contribution in [0.2, 0.25) is 0 Å². The zero-order valence-corrected chi connectivity index (χ0v) is 17.0. The summed E-state index contributed by atoms with van der Waals surface area (Å²) >= 11 is 4.37. The maximum absolute atomic E-state index is 12.2. The van der Waals surface area contributed by atoms with Crippen molar-refractivity contribution in [3.05, 3.63) is 30.3 Å². The number of hydrogen-bond acceptors (Lipinski definition) is 9. The molecule has 140 valence electrons. The van der Waals surface area contributed by atoms with Gasteiger partial charge in [0.05, 0.1) is 5.75 Å². The van der Waals surface area contributed by atoms with Crippen LogP contribution in [0.5, 0.6) is 0 Å². The van der Waals surface area contributed by atoms with Gasteiger partial charge in [-0.3, -0.25) is 14.7 Å². The lowest BCUT2D eigenvalue weighted by Crippen LogP contribution is -2.14. The van der Waals surface area contributed by atoms with E-state index < -0.39 is 0 Å². The van der Waals surface area contributed by atoms with Gasteiger partial charge < -0.3 is 4.90 Å². The molecule has 1 aliphatic heterocycles. The Morgan fingerprint density at radius 1 is 1.15 bits per heavy atom. The third-order valence-corrected chi connectivity index (χ3v) is 6.63. The quantitative estimate of drug-likeness (QED) is 0.462. The number of hydrogen-bond donors (Lipinski definition) is 1. The molecule has 0 fully saturated rings. The fourth-order valence-electron chi connectivity index (χ4n) is 2.66. The molecule has 1 amide bonds. The van der Waals surface area contributed by atoms with Crippen LogP contribution in [0.25, 0.3) is 0 Å². The van der Waals surface area contributed by atoms with Crippen molar-refractivity contribution in [3.63, 3.8) is 0 Å². The summed E-state index contributed by atoms with van der Waals surface area (Å²) < 4.78 is 2.91. The molecular formula is C16H17N7OS3. The van der Waals surface area contributed by atoms with Crippen molar-refractivity contribution in [2.75, 3.05) is 28.3 Å². The van der Waals surface area contributed by atoms with Crippen LogP contribution in [0.3, 0.4) is 0 Å². The van der Waals surface area contributed by atoms with Crippen LogP contribution in [0.4, 0.5) is 16.8 Å². The second-order valence-corrected chi connectivity index (χ2v) is 9.00. The second-order valence-electron chi connectivity index (χ2n) is 5.56. The van der Waals surface area contributed by atoms with Gasteiger partial charge in [0.1, 0.15) is 0 Å². The molecular weight excluding hydrogens is 402 g/mol. The van der Waals surface area contributed by atoms with E-state index in [4.69, 9.17) is 0 Å². The number of para-hydroxylation sites is 1. The number of carbonyl (C=O) groups is 1. The number of benzene rings is 1. The number of rotatable bonds is 7. The molecule has 0 unspecified atom stereocenters. The number of anilines is 3. The van der Waals surface area contributed by atoms with Crippen LogP contribution in [0, 0.1) is 0 Å². The molecule has 0 atom stereocenters. The van der Waals surface area contributed by atoms with Crippen LogP contribution in [0.1, 0.15) is 6.92 Å². The van der Waals surface area contributed by atoms with E-state index in [2.05, 4.69) is 49.7 Å². The molecule has 0 radical (unpaired) electrons. The number of aromatic nitrogens is 5. The monoisotopic (exact) mass is 419 g/mol. The zero-order valence-electron chi connectivity index (χ0n) is 14.5. The van der Waals surface area contributed by atoms with Crippen LogP contribution in [-0.2, 0) is 11.3 Å². The van der Waals surface area contributed by atoms with Crippen molar-refractivity contribution in [2.45, 2.75) is 23.0 Å². The van der Waals surface area contributed by atoms with Crippen LogP contribution < -0.4 is 10.2 Å². The van der Waals surface area contributed by atoms with Crippen molar-refractivity contribution in [1.29, 1.82) is 0 Å². The van der Waals surface area contributed by atoms with Crippen molar-refractivity contribution in [3.8, 4) is 0 Å². The van der Waals surface area contributed by atoms with Crippen molar-refractivity contribution < 1.29 is 4.79 Å². The van der Waals surface area contributed by atoms with Crippen molar-refractivity contribution in [2.24, 2.45) is 0 Å². The van der Waals surface area contributed by atoms with Gasteiger partial charge in [-0.2, -0.15) is 0 Å². The average molecular weight is 420 g/mol. The maximum atomic E-state index is 12.2. The van der Waals surface area contributed by atoms with Gasteiger partial charge in [-0.1, -0.05) is 60.0 Å². The first kappa shape index (κ1) is 18.3. The first-order valence-electron chi connectivity index (χ1n) is 8.39. The molecule has 0 saturated heterocycles. The normalized spacial score (nSPS) is 13.0. The topological polar surface area (TPSA) is 88.8 Å². The van der Waals surface area contributed by atoms with E-state index in [0.717, 1.165) is 40.0 Å².